The van der Waals surface area contributed by atoms with Gasteiger partial charge in [0.1, 0.15) is 5.60 Å². The van der Waals surface area contributed by atoms with Crippen LogP contribution in [0.3, 0.4) is 0 Å². The Labute approximate surface area is 134 Å². The zero-order chi connectivity index (χ0) is 18.1. The first-order valence-electron chi connectivity index (χ1n) is 8.68. The summed E-state index contributed by atoms with van der Waals surface area (Å²) in [6.07, 6.45) is 1.67. The Kier molecular flexibility index (Phi) is 4.26. The summed E-state index contributed by atoms with van der Waals surface area (Å²) in [5.41, 5.74) is 0.164. The molecular formula is C18H25FO3. The maximum absolute atomic E-state index is 13.9. The summed E-state index contributed by atoms with van der Waals surface area (Å²) in [5, 5.41) is 0. The normalized spacial score (nSPS) is 18.2. The molecule has 1 saturated carbocycles. The lowest BCUT2D eigenvalue weighted by Crippen LogP contribution is -2.24. The first-order chi connectivity index (χ1) is 11.0. The van der Waals surface area contributed by atoms with Gasteiger partial charge in [-0.25, -0.2) is 4.39 Å². The van der Waals surface area contributed by atoms with E-state index in [1.165, 1.54) is 12.1 Å². The monoisotopic (exact) mass is 310 g/mol. The molecule has 0 amide bonds. The average molecular weight is 310 g/mol. The van der Waals surface area contributed by atoms with Crippen molar-refractivity contribution in [1.82, 2.24) is 0 Å². The maximum Gasteiger partial charge on any atom is 0.306 e. The zero-order valence-corrected chi connectivity index (χ0v) is 13.6. The Hall–Kier alpha value is -1.58. The number of carbonyl (C=O) groups is 1. The summed E-state index contributed by atoms with van der Waals surface area (Å²) in [4.78, 5) is 11.9. The van der Waals surface area contributed by atoms with E-state index in [2.05, 4.69) is 0 Å². The second-order valence-electron chi connectivity index (χ2n) is 6.88. The van der Waals surface area contributed by atoms with Gasteiger partial charge in [0.05, 0.1) is 15.7 Å². The molecule has 0 N–H and O–H groups in total. The van der Waals surface area contributed by atoms with E-state index >= 15 is 0 Å². The number of benzene rings is 1. The van der Waals surface area contributed by atoms with Gasteiger partial charge in [-0.05, 0) is 63.1 Å². The number of hydrogen-bond acceptors (Lipinski definition) is 3. The highest BCUT2D eigenvalue weighted by molar-refractivity contribution is 5.71. The Bertz CT molecular complexity index is 607. The minimum absolute atomic E-state index is 0.111. The highest BCUT2D eigenvalue weighted by Crippen LogP contribution is 2.31. The van der Waals surface area contributed by atoms with Gasteiger partial charge in [-0.2, -0.15) is 0 Å². The molecule has 0 bridgehead atoms. The third-order valence-corrected chi connectivity index (χ3v) is 3.33. The summed E-state index contributed by atoms with van der Waals surface area (Å²) < 4.78 is 40.3. The highest BCUT2D eigenvalue weighted by Gasteiger charge is 2.23. The van der Waals surface area contributed by atoms with E-state index in [1.807, 2.05) is 6.92 Å². The molecule has 1 atom stereocenters. The first kappa shape index (κ1) is 14.0. The van der Waals surface area contributed by atoms with Crippen molar-refractivity contribution in [2.45, 2.75) is 58.5 Å². The smallest absolute Gasteiger partial charge is 0.306 e. The molecule has 4 heteroatoms. The number of carbonyl (C=O) groups excluding carboxylic acids is 1. The molecule has 22 heavy (non-hydrogen) atoms. The van der Waals surface area contributed by atoms with Crippen LogP contribution in [0, 0.1) is 11.7 Å². The summed E-state index contributed by atoms with van der Waals surface area (Å²) in [7, 11) is 0. The molecular weight excluding hydrogens is 283 g/mol. The van der Waals surface area contributed by atoms with E-state index in [1.54, 1.807) is 26.8 Å². The van der Waals surface area contributed by atoms with Crippen LogP contribution in [0.2, 0.25) is 0 Å². The molecule has 1 aromatic rings. The van der Waals surface area contributed by atoms with Crippen LogP contribution in [-0.4, -0.2) is 18.1 Å². The van der Waals surface area contributed by atoms with Gasteiger partial charge in [-0.15, -0.1) is 0 Å². The Morgan fingerprint density at radius 1 is 1.45 bits per heavy atom. The van der Waals surface area contributed by atoms with Gasteiger partial charge in [-0.1, -0.05) is 13.0 Å². The minimum atomic E-state index is -1.87. The molecule has 2 rings (SSSR count). The largest absolute Gasteiger partial charge is 0.490 e. The van der Waals surface area contributed by atoms with Crippen molar-refractivity contribution in [2.24, 2.45) is 5.92 Å². The highest BCUT2D eigenvalue weighted by atomic mass is 19.1. The number of halogens is 1. The van der Waals surface area contributed by atoms with Crippen molar-refractivity contribution in [3.63, 3.8) is 0 Å². The lowest BCUT2D eigenvalue weighted by atomic mass is 9.97. The molecule has 1 fully saturated rings. The average Bonchev–Trinajstić information content (AvgIpc) is 3.23. The van der Waals surface area contributed by atoms with Crippen LogP contribution in [0.15, 0.2) is 18.2 Å². The molecule has 0 aliphatic heterocycles. The van der Waals surface area contributed by atoms with Gasteiger partial charge in [0.25, 0.3) is 0 Å². The summed E-state index contributed by atoms with van der Waals surface area (Å²) in [6, 6.07) is 4.31. The quantitative estimate of drug-likeness (QED) is 0.728. The maximum atomic E-state index is 13.9. The second-order valence-corrected chi connectivity index (χ2v) is 6.88. The summed E-state index contributed by atoms with van der Waals surface area (Å²) >= 11 is 0. The van der Waals surface area contributed by atoms with Crippen molar-refractivity contribution in [3.05, 3.63) is 29.6 Å². The molecule has 0 spiro atoms. The van der Waals surface area contributed by atoms with Crippen molar-refractivity contribution in [3.8, 4) is 5.75 Å². The Morgan fingerprint density at radius 3 is 2.73 bits per heavy atom. The van der Waals surface area contributed by atoms with Crippen LogP contribution >= 0.6 is 0 Å². The lowest BCUT2D eigenvalue weighted by molar-refractivity contribution is -0.155. The van der Waals surface area contributed by atoms with Crippen LogP contribution in [0.4, 0.5) is 4.39 Å². The van der Waals surface area contributed by atoms with Gasteiger partial charge < -0.3 is 9.47 Å². The van der Waals surface area contributed by atoms with E-state index in [0.717, 1.165) is 12.8 Å². The minimum Gasteiger partial charge on any atom is -0.490 e. The van der Waals surface area contributed by atoms with Crippen molar-refractivity contribution in [1.29, 1.82) is 0 Å². The van der Waals surface area contributed by atoms with Crippen LogP contribution in [0.5, 0.6) is 5.75 Å². The molecule has 0 radical (unpaired) electrons. The van der Waals surface area contributed by atoms with Crippen LogP contribution in [0.1, 0.15) is 61.2 Å². The molecule has 3 nitrogen and oxygen atoms in total. The second kappa shape index (κ2) is 6.67. The fraction of sp³-hybridized carbons (Fsp3) is 0.611. The number of esters is 1. The SMILES string of the molecule is [2H]C([2H])(Oc1cc([C@@H](C)CC(=O)OC(C)(C)C)ccc1F)C1CC1. The summed E-state index contributed by atoms with van der Waals surface area (Å²) in [5.74, 6) is -1.40. The van der Waals surface area contributed by atoms with Gasteiger partial charge in [0.2, 0.25) is 0 Å². The van der Waals surface area contributed by atoms with Gasteiger partial charge >= 0.3 is 5.97 Å². The topological polar surface area (TPSA) is 35.5 Å². The zero-order valence-electron chi connectivity index (χ0n) is 15.6. The fourth-order valence-corrected chi connectivity index (χ4v) is 2.00. The third-order valence-electron chi connectivity index (χ3n) is 3.33. The third kappa shape index (κ3) is 5.32. The Balaban J connectivity index is 2.07. The van der Waals surface area contributed by atoms with Crippen molar-refractivity contribution < 1.29 is 21.4 Å². The molecule has 1 aromatic carbocycles. The summed E-state index contributed by atoms with van der Waals surface area (Å²) in [6.45, 7) is 5.39. The number of hydrogen-bond donors (Lipinski definition) is 0. The van der Waals surface area contributed by atoms with E-state index in [9.17, 15) is 9.18 Å². The standard InChI is InChI=1S/C18H25FO3/c1-12(9-17(20)22-18(2,3)4)14-7-8-15(19)16(10-14)21-11-13-5-6-13/h7-8,10,12-13H,5-6,9,11H2,1-4H3/t12-/m0/s1/i11D2. The van der Waals surface area contributed by atoms with Crippen LogP contribution in [0.25, 0.3) is 0 Å². The van der Waals surface area contributed by atoms with E-state index < -0.39 is 18.0 Å². The Morgan fingerprint density at radius 2 is 2.14 bits per heavy atom. The molecule has 0 unspecified atom stereocenters. The van der Waals surface area contributed by atoms with E-state index in [0.29, 0.717) is 5.56 Å². The van der Waals surface area contributed by atoms with E-state index in [4.69, 9.17) is 12.2 Å². The van der Waals surface area contributed by atoms with E-state index in [-0.39, 0.29) is 30.0 Å². The van der Waals surface area contributed by atoms with Crippen molar-refractivity contribution in [2.75, 3.05) is 6.56 Å². The molecule has 122 valence electrons. The lowest BCUT2D eigenvalue weighted by Gasteiger charge is -2.21. The fourth-order valence-electron chi connectivity index (χ4n) is 2.00. The van der Waals surface area contributed by atoms with Gasteiger partial charge in [0, 0.05) is 0 Å². The van der Waals surface area contributed by atoms with Gasteiger partial charge in [-0.3, -0.25) is 4.79 Å². The van der Waals surface area contributed by atoms with Gasteiger partial charge in [0.15, 0.2) is 11.6 Å². The van der Waals surface area contributed by atoms with Crippen LogP contribution in [-0.2, 0) is 9.53 Å². The predicted molar refractivity (Wildman–Crippen MR) is 83.5 cm³/mol. The molecule has 0 heterocycles. The number of ether oxygens (including phenoxy) is 2. The molecule has 1 aliphatic rings. The molecule has 1 aliphatic carbocycles. The number of rotatable bonds is 6. The first-order valence-corrected chi connectivity index (χ1v) is 7.68. The molecule has 0 saturated heterocycles. The van der Waals surface area contributed by atoms with Crippen molar-refractivity contribution >= 4 is 5.97 Å². The van der Waals surface area contributed by atoms with Crippen LogP contribution < -0.4 is 4.74 Å². The predicted octanol–water partition coefficient (Wildman–Crippen LogP) is 4.45. The molecule has 0 aromatic heterocycles.